The van der Waals surface area contributed by atoms with Gasteiger partial charge in [-0.3, -0.25) is 4.79 Å². The van der Waals surface area contributed by atoms with Crippen molar-refractivity contribution in [2.75, 3.05) is 13.1 Å². The molecule has 6 heteroatoms. The van der Waals surface area contributed by atoms with Crippen molar-refractivity contribution < 1.29 is 13.2 Å². The number of hydrogen-bond acceptors (Lipinski definition) is 3. The van der Waals surface area contributed by atoms with Crippen molar-refractivity contribution in [3.63, 3.8) is 0 Å². The van der Waals surface area contributed by atoms with Gasteiger partial charge in [-0.1, -0.05) is 32.4 Å². The molecule has 5 nitrogen and oxygen atoms in total. The summed E-state index contributed by atoms with van der Waals surface area (Å²) in [6, 6.07) is 6.83. The van der Waals surface area contributed by atoms with Crippen molar-refractivity contribution in [1.29, 1.82) is 0 Å². The lowest BCUT2D eigenvalue weighted by Gasteiger charge is -2.21. The Hall–Kier alpha value is -1.40. The molecule has 0 unspecified atom stereocenters. The normalized spacial score (nSPS) is 25.0. The number of rotatable bonds is 8. The largest absolute Gasteiger partial charge is 0.352 e. The summed E-state index contributed by atoms with van der Waals surface area (Å²) in [4.78, 5) is 12.5. The molecule has 144 valence electrons. The summed E-state index contributed by atoms with van der Waals surface area (Å²) < 4.78 is 26.4. The third kappa shape index (κ3) is 4.12. The fourth-order valence-electron chi connectivity index (χ4n) is 4.63. The maximum atomic E-state index is 12.5. The second-order valence-corrected chi connectivity index (χ2v) is 9.59. The summed E-state index contributed by atoms with van der Waals surface area (Å²) in [5, 5.41) is 2.99. The molecule has 0 heterocycles. The van der Waals surface area contributed by atoms with Crippen LogP contribution < -0.4 is 5.32 Å². The zero-order valence-electron chi connectivity index (χ0n) is 15.8. The van der Waals surface area contributed by atoms with Gasteiger partial charge in [0.2, 0.25) is 15.9 Å². The first-order valence-corrected chi connectivity index (χ1v) is 11.2. The van der Waals surface area contributed by atoms with Gasteiger partial charge in [-0.2, -0.15) is 4.31 Å². The van der Waals surface area contributed by atoms with Gasteiger partial charge in [-0.15, -0.1) is 0 Å². The number of hydrogen-bond donors (Lipinski definition) is 1. The molecular weight excluding hydrogens is 348 g/mol. The first-order valence-electron chi connectivity index (χ1n) is 9.79. The third-order valence-electron chi connectivity index (χ3n) is 6.09. The Bertz CT molecular complexity index is 726. The zero-order chi connectivity index (χ0) is 18.7. The van der Waals surface area contributed by atoms with Crippen molar-refractivity contribution in [3.8, 4) is 0 Å². The number of carbonyl (C=O) groups is 1. The summed E-state index contributed by atoms with van der Waals surface area (Å²) in [6.45, 7) is 5.03. The molecule has 1 N–H and O–H groups in total. The van der Waals surface area contributed by atoms with Gasteiger partial charge < -0.3 is 5.32 Å². The summed E-state index contributed by atoms with van der Waals surface area (Å²) >= 11 is 0. The Labute approximate surface area is 157 Å². The van der Waals surface area contributed by atoms with Crippen molar-refractivity contribution in [3.05, 3.63) is 29.8 Å². The van der Waals surface area contributed by atoms with Crippen LogP contribution in [0, 0.1) is 17.8 Å². The van der Waals surface area contributed by atoms with Crippen LogP contribution in [0.2, 0.25) is 0 Å². The lowest BCUT2D eigenvalue weighted by molar-refractivity contribution is -0.122. The minimum Gasteiger partial charge on any atom is -0.352 e. The van der Waals surface area contributed by atoms with Gasteiger partial charge in [-0.25, -0.2) is 8.42 Å². The highest BCUT2D eigenvalue weighted by Gasteiger charge is 2.40. The van der Waals surface area contributed by atoms with E-state index in [1.807, 2.05) is 13.8 Å². The van der Waals surface area contributed by atoms with E-state index < -0.39 is 10.0 Å². The lowest BCUT2D eigenvalue weighted by atomic mass is 9.86. The van der Waals surface area contributed by atoms with Gasteiger partial charge in [-0.05, 0) is 54.7 Å². The van der Waals surface area contributed by atoms with Crippen molar-refractivity contribution in [2.24, 2.45) is 17.8 Å². The number of benzene rings is 1. The van der Waals surface area contributed by atoms with Crippen LogP contribution in [0.15, 0.2) is 29.2 Å². The Morgan fingerprint density at radius 1 is 1.12 bits per heavy atom. The number of fused-ring (bicyclic) bond motifs is 2. The molecule has 0 aliphatic heterocycles. The maximum absolute atomic E-state index is 12.5. The SMILES string of the molecule is CCN(CC)S(=O)(=O)c1ccc(CNC(=O)C[C@H]2C[C@@H]3CC[C@@H]2C3)cc1. The number of nitrogens with zero attached hydrogens (tertiary/aromatic N) is 1. The van der Waals surface area contributed by atoms with Gasteiger partial charge in [0.25, 0.3) is 0 Å². The molecule has 1 aromatic carbocycles. The molecule has 1 aromatic rings. The maximum Gasteiger partial charge on any atom is 0.243 e. The smallest absolute Gasteiger partial charge is 0.243 e. The van der Waals surface area contributed by atoms with Gasteiger partial charge in [0.05, 0.1) is 4.90 Å². The highest BCUT2D eigenvalue weighted by molar-refractivity contribution is 7.89. The van der Waals surface area contributed by atoms with Crippen LogP contribution in [0.4, 0.5) is 0 Å². The minimum atomic E-state index is -3.42. The van der Waals surface area contributed by atoms with Crippen LogP contribution in [0.25, 0.3) is 0 Å². The number of carbonyl (C=O) groups excluding carboxylic acids is 1. The van der Waals surface area contributed by atoms with E-state index in [9.17, 15) is 13.2 Å². The van der Waals surface area contributed by atoms with Crippen molar-refractivity contribution in [2.45, 2.75) is 57.4 Å². The lowest BCUT2D eigenvalue weighted by Crippen LogP contribution is -2.30. The Balaban J connectivity index is 1.52. The van der Waals surface area contributed by atoms with Crippen LogP contribution in [0.5, 0.6) is 0 Å². The fourth-order valence-corrected chi connectivity index (χ4v) is 6.09. The Morgan fingerprint density at radius 3 is 2.35 bits per heavy atom. The zero-order valence-corrected chi connectivity index (χ0v) is 16.6. The molecule has 0 spiro atoms. The predicted octanol–water partition coefficient (Wildman–Crippen LogP) is 3.16. The van der Waals surface area contributed by atoms with Gasteiger partial charge in [0.1, 0.15) is 0 Å². The van der Waals surface area contributed by atoms with Crippen molar-refractivity contribution in [1.82, 2.24) is 9.62 Å². The Kier molecular flexibility index (Phi) is 6.03. The molecule has 26 heavy (non-hydrogen) atoms. The van der Waals surface area contributed by atoms with E-state index in [-0.39, 0.29) is 5.91 Å². The standard InChI is InChI=1S/C20H30N2O3S/c1-3-22(4-2)26(24,25)19-9-6-15(7-10-19)14-21-20(23)13-18-12-16-5-8-17(18)11-16/h6-7,9-10,16-18H,3-5,8,11-14H2,1-2H3,(H,21,23)/t16-,17-,18-/m1/s1. The average Bonchev–Trinajstić information content (AvgIpc) is 3.24. The van der Waals surface area contributed by atoms with E-state index in [0.717, 1.165) is 17.4 Å². The predicted molar refractivity (Wildman–Crippen MR) is 102 cm³/mol. The quantitative estimate of drug-likeness (QED) is 0.756. The summed E-state index contributed by atoms with van der Waals surface area (Å²) in [5.74, 6) is 2.30. The van der Waals surface area contributed by atoms with E-state index in [1.54, 1.807) is 24.3 Å². The number of sulfonamides is 1. The highest BCUT2D eigenvalue weighted by atomic mass is 32.2. The molecule has 2 saturated carbocycles. The molecule has 3 rings (SSSR count). The van der Waals surface area contributed by atoms with Crippen LogP contribution in [-0.2, 0) is 21.4 Å². The summed E-state index contributed by atoms with van der Waals surface area (Å²) in [5.41, 5.74) is 0.921. The number of nitrogens with one attached hydrogen (secondary N) is 1. The molecule has 2 aliphatic carbocycles. The van der Waals surface area contributed by atoms with E-state index >= 15 is 0 Å². The van der Waals surface area contributed by atoms with E-state index in [2.05, 4.69) is 5.32 Å². The van der Waals surface area contributed by atoms with E-state index in [0.29, 0.717) is 36.9 Å². The monoisotopic (exact) mass is 378 g/mol. The van der Waals surface area contributed by atoms with Crippen molar-refractivity contribution >= 4 is 15.9 Å². The molecular formula is C20H30N2O3S. The molecule has 0 aromatic heterocycles. The van der Waals surface area contributed by atoms with E-state index in [4.69, 9.17) is 0 Å². The van der Waals surface area contributed by atoms with Gasteiger partial charge >= 0.3 is 0 Å². The fraction of sp³-hybridized carbons (Fsp3) is 0.650. The van der Waals surface area contributed by atoms with Gasteiger partial charge in [0, 0.05) is 26.1 Å². The molecule has 0 saturated heterocycles. The summed E-state index contributed by atoms with van der Waals surface area (Å²) in [6.07, 6.45) is 5.82. The molecule has 0 radical (unpaired) electrons. The second kappa shape index (κ2) is 8.09. The minimum absolute atomic E-state index is 0.113. The highest BCUT2D eigenvalue weighted by Crippen LogP contribution is 2.49. The number of amides is 1. The van der Waals surface area contributed by atoms with Crippen LogP contribution >= 0.6 is 0 Å². The Morgan fingerprint density at radius 2 is 1.81 bits per heavy atom. The molecule has 1 amide bonds. The van der Waals surface area contributed by atoms with Crippen LogP contribution in [0.3, 0.4) is 0 Å². The molecule has 2 aliphatic rings. The average molecular weight is 379 g/mol. The molecule has 3 atom stereocenters. The molecule has 2 fully saturated rings. The van der Waals surface area contributed by atoms with E-state index in [1.165, 1.54) is 30.0 Å². The molecule has 2 bridgehead atoms. The van der Waals surface area contributed by atoms with Crippen LogP contribution in [0.1, 0.15) is 51.5 Å². The van der Waals surface area contributed by atoms with Crippen LogP contribution in [-0.4, -0.2) is 31.7 Å². The topological polar surface area (TPSA) is 66.5 Å². The second-order valence-electron chi connectivity index (χ2n) is 7.65. The first-order chi connectivity index (χ1) is 12.4. The third-order valence-corrected chi connectivity index (χ3v) is 8.15. The van der Waals surface area contributed by atoms with Gasteiger partial charge in [0.15, 0.2) is 0 Å². The summed E-state index contributed by atoms with van der Waals surface area (Å²) in [7, 11) is -3.42. The first kappa shape index (κ1) is 19.4.